The molecule has 30 heavy (non-hydrogen) atoms. The molecule has 7 heteroatoms. The minimum Gasteiger partial charge on any atom is -0.352 e. The van der Waals surface area contributed by atoms with Crippen LogP contribution in [0, 0.1) is 18.8 Å². The van der Waals surface area contributed by atoms with Gasteiger partial charge in [0.2, 0.25) is 5.91 Å². The van der Waals surface area contributed by atoms with Gasteiger partial charge in [-0.1, -0.05) is 24.1 Å². The summed E-state index contributed by atoms with van der Waals surface area (Å²) < 4.78 is 28.1. The lowest BCUT2D eigenvalue weighted by atomic mass is 9.95. The maximum atomic E-state index is 13.5. The summed E-state index contributed by atoms with van der Waals surface area (Å²) in [4.78, 5) is 14.1. The van der Waals surface area contributed by atoms with Gasteiger partial charge < -0.3 is 5.32 Å². The molecule has 2 bridgehead atoms. The minimum absolute atomic E-state index is 0.180. The highest BCUT2D eigenvalue weighted by Crippen LogP contribution is 2.44. The van der Waals surface area contributed by atoms with Gasteiger partial charge in [0, 0.05) is 10.9 Å². The smallest absolute Gasteiger partial charge is 0.264 e. The van der Waals surface area contributed by atoms with Crippen molar-refractivity contribution >= 4 is 33.4 Å². The SMILES string of the molecule is CSc1ccc(S(=O)(=O)N(CC(=O)NC2CC3CCC2C3)c2ccc(C)cc2)cc1. The molecule has 0 heterocycles. The summed E-state index contributed by atoms with van der Waals surface area (Å²) >= 11 is 1.56. The molecule has 0 spiro atoms. The summed E-state index contributed by atoms with van der Waals surface area (Å²) in [7, 11) is -3.87. The van der Waals surface area contributed by atoms with Gasteiger partial charge in [0.1, 0.15) is 6.54 Å². The van der Waals surface area contributed by atoms with Gasteiger partial charge in [-0.25, -0.2) is 8.42 Å². The van der Waals surface area contributed by atoms with Gasteiger partial charge in [-0.3, -0.25) is 9.10 Å². The van der Waals surface area contributed by atoms with Crippen LogP contribution in [-0.2, 0) is 14.8 Å². The molecule has 2 aliphatic rings. The van der Waals surface area contributed by atoms with Crippen LogP contribution in [0.3, 0.4) is 0 Å². The summed E-state index contributed by atoms with van der Waals surface area (Å²) in [5, 5.41) is 3.12. The Hall–Kier alpha value is -1.99. The van der Waals surface area contributed by atoms with E-state index in [0.29, 0.717) is 17.5 Å². The standard InChI is InChI=1S/C23H28N2O3S2/c1-16-3-7-19(8-4-16)25(30(27,28)21-11-9-20(29-2)10-12-21)15-23(26)24-22-14-17-5-6-18(22)13-17/h3-4,7-12,17-18,22H,5-6,13-15H2,1-2H3,(H,24,26). The van der Waals surface area contributed by atoms with Crippen molar-refractivity contribution in [3.05, 3.63) is 54.1 Å². The van der Waals surface area contributed by atoms with Crippen molar-refractivity contribution in [3.63, 3.8) is 0 Å². The Balaban J connectivity index is 1.58. The number of benzene rings is 2. The number of anilines is 1. The highest BCUT2D eigenvalue weighted by molar-refractivity contribution is 7.98. The molecule has 1 N–H and O–H groups in total. The summed E-state index contributed by atoms with van der Waals surface area (Å²) in [6, 6.07) is 14.2. The fourth-order valence-corrected chi connectivity index (χ4v) is 6.53. The number of hydrogen-bond donors (Lipinski definition) is 1. The van der Waals surface area contributed by atoms with E-state index >= 15 is 0 Å². The Bertz CT molecular complexity index is 1000. The number of carbonyl (C=O) groups is 1. The Morgan fingerprint density at radius 2 is 1.77 bits per heavy atom. The van der Waals surface area contributed by atoms with E-state index in [1.807, 2.05) is 25.3 Å². The van der Waals surface area contributed by atoms with Crippen LogP contribution in [0.5, 0.6) is 0 Å². The Morgan fingerprint density at radius 3 is 2.33 bits per heavy atom. The summed E-state index contributed by atoms with van der Waals surface area (Å²) in [6.45, 7) is 1.73. The first kappa shape index (κ1) is 21.2. The number of fused-ring (bicyclic) bond motifs is 2. The lowest BCUT2D eigenvalue weighted by Crippen LogP contribution is -2.46. The van der Waals surface area contributed by atoms with E-state index in [1.165, 1.54) is 17.1 Å². The molecule has 2 aromatic carbocycles. The quantitative estimate of drug-likeness (QED) is 0.650. The van der Waals surface area contributed by atoms with Gasteiger partial charge in [0.05, 0.1) is 10.6 Å². The first-order chi connectivity index (χ1) is 14.4. The fourth-order valence-electron chi connectivity index (χ4n) is 4.71. The molecule has 0 aliphatic heterocycles. The second-order valence-corrected chi connectivity index (χ2v) is 11.1. The second kappa shape index (κ2) is 8.63. The van der Waals surface area contributed by atoms with Crippen LogP contribution in [0.1, 0.15) is 31.2 Å². The zero-order chi connectivity index (χ0) is 21.3. The van der Waals surface area contributed by atoms with Crippen molar-refractivity contribution in [2.75, 3.05) is 17.1 Å². The van der Waals surface area contributed by atoms with Crippen molar-refractivity contribution in [3.8, 4) is 0 Å². The molecule has 0 aromatic heterocycles. The molecule has 2 fully saturated rings. The van der Waals surface area contributed by atoms with Crippen molar-refractivity contribution < 1.29 is 13.2 Å². The summed E-state index contributed by atoms with van der Waals surface area (Å²) in [6.07, 6.45) is 6.57. The average molecular weight is 445 g/mol. The molecule has 0 saturated heterocycles. The maximum absolute atomic E-state index is 13.5. The average Bonchev–Trinajstić information content (AvgIpc) is 3.36. The topological polar surface area (TPSA) is 66.5 Å². The highest BCUT2D eigenvalue weighted by atomic mass is 32.2. The first-order valence-corrected chi connectivity index (χ1v) is 13.1. The molecule has 2 saturated carbocycles. The van der Waals surface area contributed by atoms with Gasteiger partial charge in [0.15, 0.2) is 0 Å². The molecular weight excluding hydrogens is 416 g/mol. The van der Waals surface area contributed by atoms with Crippen molar-refractivity contribution in [1.82, 2.24) is 5.32 Å². The van der Waals surface area contributed by atoms with E-state index in [-0.39, 0.29) is 23.4 Å². The first-order valence-electron chi connectivity index (χ1n) is 10.4. The lowest BCUT2D eigenvalue weighted by molar-refractivity contribution is -0.120. The van der Waals surface area contributed by atoms with Crippen LogP contribution in [0.2, 0.25) is 0 Å². The third-order valence-corrected chi connectivity index (χ3v) is 8.87. The molecular formula is C23H28N2O3S2. The molecule has 0 radical (unpaired) electrons. The number of hydrogen-bond acceptors (Lipinski definition) is 4. The predicted molar refractivity (Wildman–Crippen MR) is 121 cm³/mol. The Labute approximate surface area is 183 Å². The Kier molecular flexibility index (Phi) is 6.11. The maximum Gasteiger partial charge on any atom is 0.264 e. The van der Waals surface area contributed by atoms with E-state index in [1.54, 1.807) is 48.2 Å². The van der Waals surface area contributed by atoms with Gasteiger partial charge >= 0.3 is 0 Å². The third-order valence-electron chi connectivity index (χ3n) is 6.34. The van der Waals surface area contributed by atoms with Crippen LogP contribution in [0.15, 0.2) is 58.3 Å². The number of aryl methyl sites for hydroxylation is 1. The number of carbonyl (C=O) groups excluding carboxylic acids is 1. The molecule has 5 nitrogen and oxygen atoms in total. The number of nitrogens with zero attached hydrogens (tertiary/aromatic N) is 1. The predicted octanol–water partition coefficient (Wildman–Crippen LogP) is 4.22. The zero-order valence-corrected chi connectivity index (χ0v) is 19.0. The van der Waals surface area contributed by atoms with Crippen molar-refractivity contribution in [1.29, 1.82) is 0 Å². The van der Waals surface area contributed by atoms with Gasteiger partial charge in [-0.05, 0) is 80.7 Å². The second-order valence-electron chi connectivity index (χ2n) is 8.37. The summed E-state index contributed by atoms with van der Waals surface area (Å²) in [5.74, 6) is 1.02. The molecule has 2 aliphatic carbocycles. The van der Waals surface area contributed by atoms with E-state index in [9.17, 15) is 13.2 Å². The Morgan fingerprint density at radius 1 is 1.07 bits per heavy atom. The van der Waals surface area contributed by atoms with E-state index in [0.717, 1.165) is 23.3 Å². The number of sulfonamides is 1. The van der Waals surface area contributed by atoms with Crippen LogP contribution >= 0.6 is 11.8 Å². The van der Waals surface area contributed by atoms with E-state index < -0.39 is 10.0 Å². The number of rotatable bonds is 7. The molecule has 1 amide bonds. The zero-order valence-electron chi connectivity index (χ0n) is 17.4. The van der Waals surface area contributed by atoms with Crippen LogP contribution in [0.4, 0.5) is 5.69 Å². The van der Waals surface area contributed by atoms with E-state index in [2.05, 4.69) is 5.32 Å². The number of thioether (sulfide) groups is 1. The normalized spacial score (nSPS) is 22.8. The van der Waals surface area contributed by atoms with Crippen molar-refractivity contribution in [2.45, 2.75) is 48.4 Å². The number of amides is 1. The third kappa shape index (κ3) is 4.37. The lowest BCUT2D eigenvalue weighted by Gasteiger charge is -2.27. The van der Waals surface area contributed by atoms with Crippen LogP contribution in [-0.4, -0.2) is 33.2 Å². The van der Waals surface area contributed by atoms with Gasteiger partial charge in [-0.15, -0.1) is 11.8 Å². The number of nitrogens with one attached hydrogen (secondary N) is 1. The molecule has 160 valence electrons. The highest BCUT2D eigenvalue weighted by Gasteiger charge is 2.40. The van der Waals surface area contributed by atoms with Gasteiger partial charge in [-0.2, -0.15) is 0 Å². The molecule has 3 atom stereocenters. The van der Waals surface area contributed by atoms with Crippen LogP contribution < -0.4 is 9.62 Å². The monoisotopic (exact) mass is 444 g/mol. The fraction of sp³-hybridized carbons (Fsp3) is 0.435. The van der Waals surface area contributed by atoms with Crippen LogP contribution in [0.25, 0.3) is 0 Å². The molecule has 2 aromatic rings. The minimum atomic E-state index is -3.87. The van der Waals surface area contributed by atoms with E-state index in [4.69, 9.17) is 0 Å². The summed E-state index contributed by atoms with van der Waals surface area (Å²) in [5.41, 5.74) is 1.53. The van der Waals surface area contributed by atoms with Gasteiger partial charge in [0.25, 0.3) is 10.0 Å². The molecule has 3 unspecified atom stereocenters. The molecule has 4 rings (SSSR count). The largest absolute Gasteiger partial charge is 0.352 e. The van der Waals surface area contributed by atoms with Crippen molar-refractivity contribution in [2.24, 2.45) is 11.8 Å².